The van der Waals surface area contributed by atoms with E-state index in [1.807, 2.05) is 16.7 Å². The largest absolute Gasteiger partial charge is 0.504 e. The second-order valence-corrected chi connectivity index (χ2v) is 13.3. The Balaban J connectivity index is 1.33. The van der Waals surface area contributed by atoms with Gasteiger partial charge in [0.25, 0.3) is 11.5 Å². The van der Waals surface area contributed by atoms with Crippen molar-refractivity contribution in [3.63, 3.8) is 0 Å². The van der Waals surface area contributed by atoms with Gasteiger partial charge in [-0.3, -0.25) is 14.4 Å². The topological polar surface area (TPSA) is 154 Å². The van der Waals surface area contributed by atoms with Crippen LogP contribution >= 0.6 is 11.6 Å². The van der Waals surface area contributed by atoms with Gasteiger partial charge in [-0.2, -0.15) is 22.7 Å². The van der Waals surface area contributed by atoms with Crippen LogP contribution in [0.1, 0.15) is 48.2 Å². The number of carbonyl (C=O) groups is 2. The van der Waals surface area contributed by atoms with Crippen LogP contribution in [0.15, 0.2) is 29.3 Å². The van der Waals surface area contributed by atoms with Crippen LogP contribution in [0.2, 0.25) is 5.02 Å². The zero-order chi connectivity index (χ0) is 35.4. The highest BCUT2D eigenvalue weighted by molar-refractivity contribution is 6.33. The van der Waals surface area contributed by atoms with E-state index in [1.54, 1.807) is 11.5 Å². The van der Waals surface area contributed by atoms with E-state index in [0.29, 0.717) is 31.2 Å². The summed E-state index contributed by atoms with van der Waals surface area (Å²) in [5, 5.41) is 17.2. The first-order valence-electron chi connectivity index (χ1n) is 15.6. The summed E-state index contributed by atoms with van der Waals surface area (Å²) in [6, 6.07) is 2.65. The van der Waals surface area contributed by atoms with Crippen LogP contribution in [0.4, 0.5) is 30.5 Å². The minimum absolute atomic E-state index is 0.00863. The van der Waals surface area contributed by atoms with Crippen LogP contribution < -0.4 is 20.7 Å². The van der Waals surface area contributed by atoms with Crippen molar-refractivity contribution in [1.82, 2.24) is 34.0 Å². The zero-order valence-corrected chi connectivity index (χ0v) is 27.9. The van der Waals surface area contributed by atoms with Gasteiger partial charge in [-0.15, -0.1) is 5.10 Å². The van der Waals surface area contributed by atoms with Gasteiger partial charge in [-0.1, -0.05) is 32.4 Å². The number of carbonyl (C=O) groups excluding carboxylic acids is 2. The van der Waals surface area contributed by atoms with Gasteiger partial charge in [0.15, 0.2) is 11.4 Å². The summed E-state index contributed by atoms with van der Waals surface area (Å²) >= 11 is 6.11. The van der Waals surface area contributed by atoms with Gasteiger partial charge in [-0.05, 0) is 37.0 Å². The molecule has 2 aliphatic rings. The number of anilines is 3. The fourth-order valence-corrected chi connectivity index (χ4v) is 6.44. The molecule has 6 rings (SSSR count). The maximum absolute atomic E-state index is 14.1. The molecule has 18 heteroatoms. The minimum atomic E-state index is -4.60. The standard InChI is InChI=1S/C31H34ClF3N10O4/c1-5-21-24(41-8-10-42(11-9-41)26(48)23-25(47)17(2)36-16-37-23)27(49)45-29(39-28(40-45)43-14-30(3,4)15-43)44(21)13-22(46)38-20-7-6-18(12-19(20)32)31(33,34)35/h6-7,12,16,47H,5,8-11,13-15H2,1-4H3,(H,38,46). The van der Waals surface area contributed by atoms with Gasteiger partial charge in [0.2, 0.25) is 17.6 Å². The lowest BCUT2D eigenvalue weighted by molar-refractivity contribution is -0.137. The van der Waals surface area contributed by atoms with Crippen molar-refractivity contribution in [2.45, 2.75) is 46.8 Å². The number of aromatic hydroxyl groups is 1. The Morgan fingerprint density at radius 1 is 1.08 bits per heavy atom. The van der Waals surface area contributed by atoms with Crippen LogP contribution in [0.25, 0.3) is 5.78 Å². The van der Waals surface area contributed by atoms with Gasteiger partial charge in [0, 0.05) is 39.3 Å². The summed E-state index contributed by atoms with van der Waals surface area (Å²) in [6.07, 6.45) is -3.09. The number of amides is 2. The third-order valence-corrected chi connectivity index (χ3v) is 8.95. The van der Waals surface area contributed by atoms with E-state index < -0.39 is 29.1 Å². The molecule has 1 aromatic carbocycles. The Morgan fingerprint density at radius 2 is 1.78 bits per heavy atom. The lowest BCUT2D eigenvalue weighted by atomic mass is 9.85. The van der Waals surface area contributed by atoms with E-state index in [1.165, 1.54) is 11.2 Å². The van der Waals surface area contributed by atoms with Crippen LogP contribution in [0, 0.1) is 12.3 Å². The summed E-state index contributed by atoms with van der Waals surface area (Å²) < 4.78 is 42.3. The van der Waals surface area contributed by atoms with E-state index in [-0.39, 0.29) is 77.5 Å². The van der Waals surface area contributed by atoms with Crippen molar-refractivity contribution in [1.29, 1.82) is 0 Å². The van der Waals surface area contributed by atoms with E-state index in [9.17, 15) is 32.7 Å². The van der Waals surface area contributed by atoms with Crippen molar-refractivity contribution in [3.05, 3.63) is 62.5 Å². The molecule has 2 fully saturated rings. The fraction of sp³-hybridized carbons (Fsp3) is 0.452. The van der Waals surface area contributed by atoms with Crippen molar-refractivity contribution >= 4 is 46.5 Å². The first-order valence-corrected chi connectivity index (χ1v) is 15.9. The summed E-state index contributed by atoms with van der Waals surface area (Å²) in [5.41, 5.74) is -0.443. The number of aromatic nitrogens is 6. The molecule has 4 aromatic rings. The number of halogens is 4. The average Bonchev–Trinajstić information content (AvgIpc) is 3.48. The second kappa shape index (κ2) is 12.5. The van der Waals surface area contributed by atoms with E-state index in [0.717, 1.165) is 22.7 Å². The summed E-state index contributed by atoms with van der Waals surface area (Å²) in [4.78, 5) is 58.6. The predicted octanol–water partition coefficient (Wildman–Crippen LogP) is 3.38. The van der Waals surface area contributed by atoms with Gasteiger partial charge >= 0.3 is 6.18 Å². The fourth-order valence-electron chi connectivity index (χ4n) is 6.21. The van der Waals surface area contributed by atoms with Crippen molar-refractivity contribution < 1.29 is 27.9 Å². The number of nitrogens with zero attached hydrogens (tertiary/aromatic N) is 9. The molecule has 2 aliphatic heterocycles. The van der Waals surface area contributed by atoms with Crippen LogP contribution in [0.3, 0.4) is 0 Å². The molecule has 2 amide bonds. The molecule has 2 saturated heterocycles. The molecule has 260 valence electrons. The molecule has 49 heavy (non-hydrogen) atoms. The van der Waals surface area contributed by atoms with Crippen molar-refractivity contribution in [3.8, 4) is 5.75 Å². The lowest BCUT2D eigenvalue weighted by Crippen LogP contribution is -2.53. The highest BCUT2D eigenvalue weighted by Gasteiger charge is 2.37. The van der Waals surface area contributed by atoms with Crippen molar-refractivity contribution in [2.24, 2.45) is 5.41 Å². The number of nitrogens with one attached hydrogen (secondary N) is 1. The molecule has 0 unspecified atom stereocenters. The van der Waals surface area contributed by atoms with Crippen LogP contribution in [-0.2, 0) is 23.9 Å². The SMILES string of the molecule is CCc1c(N2CCN(C(=O)c3ncnc(C)c3O)CC2)c(=O)n2nc(N3CC(C)(C)C3)nc2n1CC(=O)Nc1ccc(C(F)(F)F)cc1Cl. The van der Waals surface area contributed by atoms with Gasteiger partial charge in [0.05, 0.1) is 27.7 Å². The third kappa shape index (κ3) is 6.46. The summed E-state index contributed by atoms with van der Waals surface area (Å²) in [7, 11) is 0. The Hall–Kier alpha value is -4.93. The van der Waals surface area contributed by atoms with Gasteiger partial charge in [0.1, 0.15) is 18.6 Å². The highest BCUT2D eigenvalue weighted by Crippen LogP contribution is 2.35. The number of fused-ring (bicyclic) bond motifs is 1. The number of piperazine rings is 1. The average molecular weight is 703 g/mol. The first kappa shape index (κ1) is 34.0. The molecule has 0 radical (unpaired) electrons. The van der Waals surface area contributed by atoms with E-state index >= 15 is 0 Å². The van der Waals surface area contributed by atoms with E-state index in [2.05, 4.69) is 39.2 Å². The smallest absolute Gasteiger partial charge is 0.416 e. The molecule has 0 spiro atoms. The van der Waals surface area contributed by atoms with Gasteiger partial charge < -0.3 is 29.7 Å². The first-order chi connectivity index (χ1) is 23.1. The molecule has 0 saturated carbocycles. The minimum Gasteiger partial charge on any atom is -0.504 e. The Labute approximate surface area is 283 Å². The number of hydrogen-bond donors (Lipinski definition) is 2. The third-order valence-electron chi connectivity index (χ3n) is 8.63. The zero-order valence-electron chi connectivity index (χ0n) is 27.2. The van der Waals surface area contributed by atoms with Crippen molar-refractivity contribution in [2.75, 3.05) is 54.4 Å². The Morgan fingerprint density at radius 3 is 2.39 bits per heavy atom. The Bertz CT molecular complexity index is 2010. The number of alkyl halides is 3. The molecule has 2 N–H and O–H groups in total. The molecule has 0 atom stereocenters. The van der Waals surface area contributed by atoms with Gasteiger partial charge in [-0.25, -0.2) is 9.97 Å². The molecule has 3 aromatic heterocycles. The number of aryl methyl sites for hydroxylation is 1. The number of hydrogen-bond acceptors (Lipinski definition) is 10. The number of benzene rings is 1. The van der Waals surface area contributed by atoms with Crippen LogP contribution in [-0.4, -0.2) is 90.2 Å². The predicted molar refractivity (Wildman–Crippen MR) is 174 cm³/mol. The second-order valence-electron chi connectivity index (χ2n) is 12.9. The molecule has 0 bridgehead atoms. The summed E-state index contributed by atoms with van der Waals surface area (Å²) in [5.74, 6) is -0.922. The normalized spacial score (nSPS) is 16.2. The summed E-state index contributed by atoms with van der Waals surface area (Å²) in [6.45, 7) is 9.47. The molecule has 5 heterocycles. The number of rotatable bonds is 7. The highest BCUT2D eigenvalue weighted by atomic mass is 35.5. The quantitative estimate of drug-likeness (QED) is 0.293. The maximum Gasteiger partial charge on any atom is 0.416 e. The Kier molecular flexibility index (Phi) is 8.67. The molecule has 0 aliphatic carbocycles. The monoisotopic (exact) mass is 702 g/mol. The van der Waals surface area contributed by atoms with E-state index in [4.69, 9.17) is 11.6 Å². The molecular formula is C31H34ClF3N10O4. The lowest BCUT2D eigenvalue weighted by Gasteiger charge is -2.45. The molecular weight excluding hydrogens is 669 g/mol. The maximum atomic E-state index is 14.1. The molecule has 14 nitrogen and oxygen atoms in total. The van der Waals surface area contributed by atoms with Crippen LogP contribution in [0.5, 0.6) is 5.75 Å².